The lowest BCUT2D eigenvalue weighted by atomic mass is 9.74. The Hall–Kier alpha value is -0.215. The van der Waals surface area contributed by atoms with E-state index >= 15 is 0 Å². The van der Waals surface area contributed by atoms with Crippen molar-refractivity contribution in [3.63, 3.8) is 0 Å². The number of aliphatic hydroxyl groups is 2. The van der Waals surface area contributed by atoms with Crippen LogP contribution in [-0.2, 0) is 9.30 Å². The lowest BCUT2D eigenvalue weighted by molar-refractivity contribution is -0.0853. The fourth-order valence-electron chi connectivity index (χ4n) is 1.70. The average Bonchev–Trinajstić information content (AvgIpc) is 2.39. The average molecular weight is 275 g/mol. The Kier molecular flexibility index (Phi) is 8.26. The van der Waals surface area contributed by atoms with Crippen LogP contribution in [0.25, 0.3) is 0 Å². The van der Waals surface area contributed by atoms with Gasteiger partial charge in [-0.1, -0.05) is 26.0 Å². The molecule has 2 N–H and O–H groups in total. The normalized spacial score (nSPS) is 35.7. The molecule has 0 heterocycles. The molecule has 0 spiro atoms. The standard InChI is InChI=1S/C10H17BO4P.2CH4/c1-4-16(14)5-15-7-6(2)8(11)10(3,13)9(7)12;;/h7-9,12-13H,2,4-5H2,1,3H3;2*1H4/q+1;;. The minimum absolute atomic E-state index is 0. The highest BCUT2D eigenvalue weighted by Gasteiger charge is 2.51. The van der Waals surface area contributed by atoms with E-state index in [0.717, 1.165) is 0 Å². The zero-order valence-corrected chi connectivity index (χ0v) is 10.5. The van der Waals surface area contributed by atoms with Crippen molar-refractivity contribution in [3.05, 3.63) is 12.2 Å². The largest absolute Gasteiger partial charge is 0.388 e. The maximum atomic E-state index is 11.2. The van der Waals surface area contributed by atoms with Crippen molar-refractivity contribution in [2.24, 2.45) is 0 Å². The topological polar surface area (TPSA) is 66.8 Å². The van der Waals surface area contributed by atoms with Crippen LogP contribution in [0.1, 0.15) is 28.7 Å². The van der Waals surface area contributed by atoms with E-state index in [1.165, 1.54) is 6.92 Å². The molecule has 0 saturated heterocycles. The molecule has 0 aromatic heterocycles. The van der Waals surface area contributed by atoms with E-state index in [0.29, 0.717) is 11.7 Å². The molecule has 0 amide bonds. The molecule has 4 nitrogen and oxygen atoms in total. The SMILES string of the molecule is C.C.[B]C1C(=C)C(OC[P+](=O)CC)C(O)C1(C)O. The second kappa shape index (κ2) is 7.39. The molecule has 2 radical (unpaired) electrons. The first-order chi connectivity index (χ1) is 7.32. The number of hydrogen-bond acceptors (Lipinski definition) is 4. The van der Waals surface area contributed by atoms with Crippen LogP contribution < -0.4 is 0 Å². The molecule has 18 heavy (non-hydrogen) atoms. The number of aliphatic hydroxyl groups excluding tert-OH is 1. The van der Waals surface area contributed by atoms with Crippen molar-refractivity contribution in [2.45, 2.75) is 52.3 Å². The fraction of sp³-hybridized carbons (Fsp3) is 0.833. The summed E-state index contributed by atoms with van der Waals surface area (Å²) in [5.41, 5.74) is -1.00. The fourth-order valence-corrected chi connectivity index (χ4v) is 2.21. The van der Waals surface area contributed by atoms with Gasteiger partial charge in [0.1, 0.15) is 18.4 Å². The van der Waals surface area contributed by atoms with Crippen molar-refractivity contribution in [1.29, 1.82) is 0 Å². The number of hydrogen-bond donors (Lipinski definition) is 2. The summed E-state index contributed by atoms with van der Waals surface area (Å²) in [4.78, 5) is 0. The van der Waals surface area contributed by atoms with Gasteiger partial charge in [0.2, 0.25) is 6.35 Å². The Labute approximate surface area is 113 Å². The molecule has 104 valence electrons. The van der Waals surface area contributed by atoms with Gasteiger partial charge in [0.05, 0.1) is 13.4 Å². The second-order valence-corrected chi connectivity index (χ2v) is 6.09. The Morgan fingerprint density at radius 3 is 2.39 bits per heavy atom. The predicted octanol–water partition coefficient (Wildman–Crippen LogP) is 2.09. The van der Waals surface area contributed by atoms with E-state index in [2.05, 4.69) is 6.58 Å². The van der Waals surface area contributed by atoms with E-state index in [1.54, 1.807) is 6.92 Å². The lowest BCUT2D eigenvalue weighted by Crippen LogP contribution is -2.42. The number of ether oxygens (including phenoxy) is 1. The Morgan fingerprint density at radius 1 is 1.56 bits per heavy atom. The molecule has 0 aliphatic heterocycles. The summed E-state index contributed by atoms with van der Waals surface area (Å²) in [7, 11) is 4.29. The van der Waals surface area contributed by atoms with Crippen LogP contribution in [0.15, 0.2) is 12.2 Å². The van der Waals surface area contributed by atoms with E-state index < -0.39 is 31.4 Å². The summed E-state index contributed by atoms with van der Waals surface area (Å²) in [5, 5.41) is 19.7. The monoisotopic (exact) mass is 275 g/mol. The molecule has 1 saturated carbocycles. The van der Waals surface area contributed by atoms with Gasteiger partial charge < -0.3 is 14.9 Å². The first-order valence-electron chi connectivity index (χ1n) is 5.20. The van der Waals surface area contributed by atoms with E-state index in [1.807, 2.05) is 0 Å². The van der Waals surface area contributed by atoms with Crippen LogP contribution in [0.4, 0.5) is 0 Å². The van der Waals surface area contributed by atoms with Crippen molar-refractivity contribution < 1.29 is 19.5 Å². The van der Waals surface area contributed by atoms with Crippen LogP contribution in [-0.4, -0.2) is 48.4 Å². The number of rotatable bonds is 4. The van der Waals surface area contributed by atoms with Crippen LogP contribution in [0.5, 0.6) is 0 Å². The third-order valence-corrected chi connectivity index (χ3v) is 4.17. The van der Waals surface area contributed by atoms with Crippen LogP contribution in [0, 0.1) is 0 Å². The van der Waals surface area contributed by atoms with Gasteiger partial charge in [-0.05, 0) is 25.2 Å². The maximum absolute atomic E-state index is 11.2. The van der Waals surface area contributed by atoms with Gasteiger partial charge in [-0.25, -0.2) is 0 Å². The van der Waals surface area contributed by atoms with Crippen molar-refractivity contribution >= 4 is 15.6 Å². The van der Waals surface area contributed by atoms with Gasteiger partial charge in [0.15, 0.2) is 0 Å². The van der Waals surface area contributed by atoms with Gasteiger partial charge in [-0.15, -0.1) is 0 Å². The first kappa shape index (κ1) is 20.1. The highest BCUT2D eigenvalue weighted by Crippen LogP contribution is 2.43. The molecule has 0 aromatic carbocycles. The quantitative estimate of drug-likeness (QED) is 0.468. The summed E-state index contributed by atoms with van der Waals surface area (Å²) >= 11 is 0. The molecule has 0 aromatic rings. The third-order valence-electron chi connectivity index (χ3n) is 3.03. The summed E-state index contributed by atoms with van der Waals surface area (Å²) in [6.45, 7) is 6.94. The molecule has 1 fully saturated rings. The summed E-state index contributed by atoms with van der Waals surface area (Å²) in [6, 6.07) is 0. The third kappa shape index (κ3) is 3.64. The maximum Gasteiger partial charge on any atom is 0.366 e. The highest BCUT2D eigenvalue weighted by atomic mass is 31.1. The summed E-state index contributed by atoms with van der Waals surface area (Å²) in [6.07, 6.45) is -1.30. The first-order valence-corrected chi connectivity index (χ1v) is 6.83. The van der Waals surface area contributed by atoms with E-state index in [9.17, 15) is 14.8 Å². The molecule has 1 rings (SSSR count). The minimum Gasteiger partial charge on any atom is -0.388 e. The molecular formula is C12H25BO4P+. The highest BCUT2D eigenvalue weighted by molar-refractivity contribution is 7.44. The van der Waals surface area contributed by atoms with Crippen LogP contribution >= 0.6 is 7.80 Å². The molecule has 0 bridgehead atoms. The molecule has 6 heteroatoms. The van der Waals surface area contributed by atoms with Crippen molar-refractivity contribution in [2.75, 3.05) is 12.5 Å². The van der Waals surface area contributed by atoms with Crippen LogP contribution in [0.3, 0.4) is 0 Å². The zero-order chi connectivity index (χ0) is 12.5. The second-order valence-electron chi connectivity index (χ2n) is 4.24. The van der Waals surface area contributed by atoms with Crippen molar-refractivity contribution in [3.8, 4) is 0 Å². The van der Waals surface area contributed by atoms with Crippen LogP contribution in [0.2, 0.25) is 5.82 Å². The van der Waals surface area contributed by atoms with E-state index in [4.69, 9.17) is 12.6 Å². The van der Waals surface area contributed by atoms with Gasteiger partial charge in [-0.2, -0.15) is 0 Å². The van der Waals surface area contributed by atoms with Gasteiger partial charge in [0, 0.05) is 0 Å². The lowest BCUT2D eigenvalue weighted by Gasteiger charge is -2.26. The zero-order valence-electron chi connectivity index (χ0n) is 9.59. The summed E-state index contributed by atoms with van der Waals surface area (Å²) < 4.78 is 16.6. The van der Waals surface area contributed by atoms with Gasteiger partial charge in [-0.3, -0.25) is 0 Å². The smallest absolute Gasteiger partial charge is 0.366 e. The molecule has 1 aliphatic rings. The molecule has 5 unspecified atom stereocenters. The molecular weight excluding hydrogens is 250 g/mol. The molecule has 1 aliphatic carbocycles. The predicted molar refractivity (Wildman–Crippen MR) is 76.6 cm³/mol. The minimum atomic E-state index is -1.44. The van der Waals surface area contributed by atoms with Gasteiger partial charge >= 0.3 is 7.80 Å². The Balaban J connectivity index is 0. The van der Waals surface area contributed by atoms with Gasteiger partial charge in [0.25, 0.3) is 0 Å². The van der Waals surface area contributed by atoms with Crippen molar-refractivity contribution in [1.82, 2.24) is 0 Å². The Bertz CT molecular complexity index is 306. The van der Waals surface area contributed by atoms with E-state index in [-0.39, 0.29) is 21.2 Å². The molecule has 5 atom stereocenters. The Morgan fingerprint density at radius 2 is 2.06 bits per heavy atom. The summed E-state index contributed by atoms with van der Waals surface area (Å²) in [5.74, 6) is -0.730.